The maximum atomic E-state index is 10.9. The highest BCUT2D eigenvalue weighted by molar-refractivity contribution is 9.11. The number of unbranched alkanes of at least 4 members (excludes halogenated alkanes) is 3. The Hall–Kier alpha value is -0.810. The van der Waals surface area contributed by atoms with Gasteiger partial charge in [-0.2, -0.15) is 0 Å². The molecule has 5 heteroatoms. The van der Waals surface area contributed by atoms with Crippen molar-refractivity contribution in [3.8, 4) is 5.75 Å². The molecule has 0 saturated heterocycles. The molecule has 0 bridgehead atoms. The molecule has 1 aromatic carbocycles. The molecule has 0 heterocycles. The maximum absolute atomic E-state index is 10.9. The molecule has 0 spiro atoms. The molecule has 0 fully saturated rings. The summed E-state index contributed by atoms with van der Waals surface area (Å²) in [7, 11) is 0. The van der Waals surface area contributed by atoms with Crippen LogP contribution in [-0.4, -0.2) is 19.2 Å². The number of rotatable bonds is 10. The molecule has 0 N–H and O–H groups in total. The highest BCUT2D eigenvalue weighted by atomic mass is 79.9. The van der Waals surface area contributed by atoms with Crippen LogP contribution >= 0.6 is 31.9 Å². The van der Waals surface area contributed by atoms with Crippen LogP contribution in [0.25, 0.3) is 0 Å². The predicted molar refractivity (Wildman–Crippen MR) is 101 cm³/mol. The maximum Gasteiger partial charge on any atom is 0.330 e. The molecule has 1 rings (SSSR count). The average molecular weight is 448 g/mol. The second-order valence-electron chi connectivity index (χ2n) is 5.59. The van der Waals surface area contributed by atoms with E-state index >= 15 is 0 Å². The van der Waals surface area contributed by atoms with Crippen LogP contribution in [0.4, 0.5) is 0 Å². The summed E-state index contributed by atoms with van der Waals surface area (Å²) in [6, 6.07) is 4.12. The summed E-state index contributed by atoms with van der Waals surface area (Å²) in [6.45, 7) is 8.83. The molecule has 0 atom stereocenters. The third-order valence-electron chi connectivity index (χ3n) is 3.36. The zero-order chi connectivity index (χ0) is 17.2. The highest BCUT2D eigenvalue weighted by Gasteiger charge is 2.13. The fraction of sp³-hybridized carbons (Fsp3) is 0.500. The van der Waals surface area contributed by atoms with Gasteiger partial charge in [-0.05, 0) is 65.2 Å². The number of benzene rings is 1. The lowest BCUT2D eigenvalue weighted by molar-refractivity contribution is -0.137. The van der Waals surface area contributed by atoms with E-state index in [1.165, 1.54) is 11.6 Å². The summed E-state index contributed by atoms with van der Waals surface area (Å²) >= 11 is 7.10. The number of hydrogen-bond donors (Lipinski definition) is 0. The van der Waals surface area contributed by atoms with Gasteiger partial charge in [0, 0.05) is 10.5 Å². The fourth-order valence-corrected chi connectivity index (χ4v) is 3.50. The molecule has 0 aliphatic rings. The van der Waals surface area contributed by atoms with Crippen molar-refractivity contribution in [3.63, 3.8) is 0 Å². The van der Waals surface area contributed by atoms with Gasteiger partial charge in [-0.15, -0.1) is 0 Å². The minimum absolute atomic E-state index is 0.352. The van der Waals surface area contributed by atoms with Gasteiger partial charge < -0.3 is 9.47 Å². The minimum Gasteiger partial charge on any atom is -0.492 e. The fourth-order valence-electron chi connectivity index (χ4n) is 2.12. The van der Waals surface area contributed by atoms with Crippen molar-refractivity contribution in [1.82, 2.24) is 0 Å². The average Bonchev–Trinajstić information content (AvgIpc) is 2.50. The molecular formula is C18H24Br2O3. The number of hydrogen-bond acceptors (Lipinski definition) is 3. The van der Waals surface area contributed by atoms with E-state index in [4.69, 9.17) is 9.47 Å². The van der Waals surface area contributed by atoms with E-state index in [1.54, 1.807) is 0 Å². The van der Waals surface area contributed by atoms with Gasteiger partial charge >= 0.3 is 5.97 Å². The number of carbonyl (C=O) groups excluding carboxylic acids is 1. The molecule has 0 unspecified atom stereocenters. The van der Waals surface area contributed by atoms with Crippen molar-refractivity contribution in [3.05, 3.63) is 39.3 Å². The van der Waals surface area contributed by atoms with Crippen LogP contribution in [0.1, 0.15) is 51.0 Å². The Kier molecular flexibility index (Phi) is 9.56. The van der Waals surface area contributed by atoms with Gasteiger partial charge in [0.05, 0.1) is 17.7 Å². The van der Waals surface area contributed by atoms with Gasteiger partial charge in [0.25, 0.3) is 0 Å². The first kappa shape index (κ1) is 20.2. The normalized spacial score (nSPS) is 10.7. The van der Waals surface area contributed by atoms with Gasteiger partial charge in [-0.3, -0.25) is 0 Å². The van der Waals surface area contributed by atoms with E-state index in [0.717, 1.165) is 40.4 Å². The molecule has 23 heavy (non-hydrogen) atoms. The molecule has 0 radical (unpaired) electrons. The number of halogens is 2. The third kappa shape index (κ3) is 7.53. The largest absolute Gasteiger partial charge is 0.492 e. The molecule has 0 saturated carbocycles. The van der Waals surface area contributed by atoms with Gasteiger partial charge in [0.1, 0.15) is 5.75 Å². The van der Waals surface area contributed by atoms with E-state index in [-0.39, 0.29) is 5.97 Å². The summed E-state index contributed by atoms with van der Waals surface area (Å²) in [5.74, 6) is 0.982. The first-order chi connectivity index (χ1) is 11.0. The third-order valence-corrected chi connectivity index (χ3v) is 4.40. The zero-order valence-corrected chi connectivity index (χ0v) is 16.9. The molecule has 0 amide bonds. The zero-order valence-electron chi connectivity index (χ0n) is 13.7. The van der Waals surface area contributed by atoms with Crippen LogP contribution in [-0.2, 0) is 9.53 Å². The van der Waals surface area contributed by atoms with Crippen molar-refractivity contribution in [2.75, 3.05) is 13.2 Å². The topological polar surface area (TPSA) is 35.5 Å². The van der Waals surface area contributed by atoms with E-state index in [2.05, 4.69) is 58.4 Å². The first-order valence-electron chi connectivity index (χ1n) is 7.86. The Morgan fingerprint density at radius 3 is 2.43 bits per heavy atom. The lowest BCUT2D eigenvalue weighted by atomic mass is 10.0. The molecule has 128 valence electrons. The second kappa shape index (κ2) is 10.9. The van der Waals surface area contributed by atoms with Crippen molar-refractivity contribution >= 4 is 37.8 Å². The van der Waals surface area contributed by atoms with Gasteiger partial charge in [-0.1, -0.05) is 36.4 Å². The Morgan fingerprint density at radius 2 is 1.83 bits per heavy atom. The van der Waals surface area contributed by atoms with Crippen molar-refractivity contribution < 1.29 is 14.3 Å². The monoisotopic (exact) mass is 446 g/mol. The van der Waals surface area contributed by atoms with Crippen LogP contribution in [0.5, 0.6) is 5.75 Å². The smallest absolute Gasteiger partial charge is 0.330 e. The summed E-state index contributed by atoms with van der Waals surface area (Å²) in [5.41, 5.74) is 1.20. The second-order valence-corrected chi connectivity index (χ2v) is 7.36. The summed E-state index contributed by atoms with van der Waals surface area (Å²) in [6.07, 6.45) is 5.12. The lowest BCUT2D eigenvalue weighted by Crippen LogP contribution is -2.04. The molecule has 0 aliphatic heterocycles. The quantitative estimate of drug-likeness (QED) is 0.250. The summed E-state index contributed by atoms with van der Waals surface area (Å²) in [5, 5.41) is 0. The van der Waals surface area contributed by atoms with Crippen LogP contribution in [0.2, 0.25) is 0 Å². The van der Waals surface area contributed by atoms with Crippen LogP contribution in [0.3, 0.4) is 0 Å². The molecular weight excluding hydrogens is 424 g/mol. The Balaban J connectivity index is 2.31. The Morgan fingerprint density at radius 1 is 1.17 bits per heavy atom. The molecule has 3 nitrogen and oxygen atoms in total. The van der Waals surface area contributed by atoms with Crippen LogP contribution < -0.4 is 4.74 Å². The minimum atomic E-state index is -0.352. The predicted octanol–water partition coefficient (Wildman–Crippen LogP) is 6.00. The molecule has 0 aromatic heterocycles. The Labute approximate surface area is 155 Å². The SMILES string of the molecule is C=CC(=O)OCCCCCCOc1c(Br)cc(Br)cc1C(C)C. The molecule has 0 aliphatic carbocycles. The first-order valence-corrected chi connectivity index (χ1v) is 9.45. The summed E-state index contributed by atoms with van der Waals surface area (Å²) < 4.78 is 12.9. The van der Waals surface area contributed by atoms with E-state index in [0.29, 0.717) is 19.1 Å². The number of ether oxygens (including phenoxy) is 2. The standard InChI is InChI=1S/C18H24Br2O3/c1-4-17(21)22-9-7-5-6-8-10-23-18-15(13(2)3)11-14(19)12-16(18)20/h4,11-13H,1,5-10H2,2-3H3. The van der Waals surface area contributed by atoms with Gasteiger partial charge in [0.2, 0.25) is 0 Å². The highest BCUT2D eigenvalue weighted by Crippen LogP contribution is 2.37. The van der Waals surface area contributed by atoms with Gasteiger partial charge in [0.15, 0.2) is 0 Å². The Bertz CT molecular complexity index is 527. The summed E-state index contributed by atoms with van der Waals surface area (Å²) in [4.78, 5) is 10.9. The van der Waals surface area contributed by atoms with Crippen molar-refractivity contribution in [2.45, 2.75) is 45.4 Å². The van der Waals surface area contributed by atoms with E-state index in [9.17, 15) is 4.79 Å². The lowest BCUT2D eigenvalue weighted by Gasteiger charge is -2.16. The number of carbonyl (C=O) groups is 1. The number of esters is 1. The van der Waals surface area contributed by atoms with Crippen LogP contribution in [0.15, 0.2) is 33.7 Å². The van der Waals surface area contributed by atoms with Crippen LogP contribution in [0, 0.1) is 0 Å². The molecule has 1 aromatic rings. The van der Waals surface area contributed by atoms with Gasteiger partial charge in [-0.25, -0.2) is 4.79 Å². The van der Waals surface area contributed by atoms with E-state index in [1.807, 2.05) is 6.07 Å². The van der Waals surface area contributed by atoms with Crippen molar-refractivity contribution in [2.24, 2.45) is 0 Å². The van der Waals surface area contributed by atoms with Crippen molar-refractivity contribution in [1.29, 1.82) is 0 Å². The van der Waals surface area contributed by atoms with E-state index < -0.39 is 0 Å².